The molecule has 0 aromatic rings. The van der Waals surface area contributed by atoms with Crippen molar-refractivity contribution in [1.82, 2.24) is 9.80 Å². The quantitative estimate of drug-likeness (QED) is 0.831. The van der Waals surface area contributed by atoms with Crippen LogP contribution in [0.2, 0.25) is 0 Å². The zero-order chi connectivity index (χ0) is 15.1. The Labute approximate surface area is 124 Å². The van der Waals surface area contributed by atoms with Gasteiger partial charge in [0.25, 0.3) is 0 Å². The van der Waals surface area contributed by atoms with Gasteiger partial charge in [0.2, 0.25) is 11.8 Å². The van der Waals surface area contributed by atoms with Crippen molar-refractivity contribution in [2.45, 2.75) is 51.1 Å². The first-order valence-electron chi connectivity index (χ1n) is 7.84. The van der Waals surface area contributed by atoms with Gasteiger partial charge in [-0.3, -0.25) is 9.59 Å². The van der Waals surface area contributed by atoms with E-state index in [1.54, 1.807) is 4.90 Å². The summed E-state index contributed by atoms with van der Waals surface area (Å²) in [6, 6.07) is -1.18. The molecule has 0 aromatic heterocycles. The first-order chi connectivity index (χ1) is 10.0. The lowest BCUT2D eigenvalue weighted by Gasteiger charge is -2.30. The summed E-state index contributed by atoms with van der Waals surface area (Å²) in [5.41, 5.74) is 0. The summed E-state index contributed by atoms with van der Waals surface area (Å²) in [4.78, 5) is 39.6. The molecule has 6 nitrogen and oxygen atoms in total. The monoisotopic (exact) mass is 294 g/mol. The summed E-state index contributed by atoms with van der Waals surface area (Å²) in [5.74, 6) is -0.943. The number of carbonyl (C=O) groups excluding carboxylic acids is 2. The minimum atomic E-state index is -0.939. The molecule has 2 saturated heterocycles. The molecule has 0 spiro atoms. The van der Waals surface area contributed by atoms with Crippen LogP contribution in [-0.4, -0.2) is 57.9 Å². The number of carboxylic acid groups (broad SMARTS) is 1. The van der Waals surface area contributed by atoms with Crippen molar-refractivity contribution in [1.29, 1.82) is 0 Å². The standard InChI is InChI=1S/C15H22N2O4/c1-9-6-8-17(12(9)15(20)21)14(19)11-3-2-7-16(11)13(18)10-4-5-10/h9-12H,2-8H2,1H3,(H,20,21). The average molecular weight is 294 g/mol. The maximum atomic E-state index is 12.7. The van der Waals surface area contributed by atoms with E-state index in [0.29, 0.717) is 25.9 Å². The van der Waals surface area contributed by atoms with Gasteiger partial charge in [-0.05, 0) is 38.0 Å². The molecule has 0 bridgehead atoms. The number of hydrogen-bond donors (Lipinski definition) is 1. The molecule has 2 heterocycles. The Morgan fingerprint density at radius 2 is 1.67 bits per heavy atom. The Bertz CT molecular complexity index is 474. The van der Waals surface area contributed by atoms with Gasteiger partial charge in [-0.2, -0.15) is 0 Å². The molecule has 3 fully saturated rings. The predicted octanol–water partition coefficient (Wildman–Crippen LogP) is 0.709. The molecule has 21 heavy (non-hydrogen) atoms. The van der Waals surface area contributed by atoms with E-state index in [1.807, 2.05) is 6.92 Å². The van der Waals surface area contributed by atoms with Crippen LogP contribution < -0.4 is 0 Å². The molecular formula is C15H22N2O4. The van der Waals surface area contributed by atoms with Crippen LogP contribution in [0.3, 0.4) is 0 Å². The first-order valence-corrected chi connectivity index (χ1v) is 7.84. The van der Waals surface area contributed by atoms with E-state index >= 15 is 0 Å². The summed E-state index contributed by atoms with van der Waals surface area (Å²) in [5, 5.41) is 9.34. The highest BCUT2D eigenvalue weighted by Gasteiger charge is 2.46. The van der Waals surface area contributed by atoms with Gasteiger partial charge < -0.3 is 14.9 Å². The van der Waals surface area contributed by atoms with E-state index < -0.39 is 18.1 Å². The smallest absolute Gasteiger partial charge is 0.326 e. The second-order valence-corrected chi connectivity index (χ2v) is 6.54. The Balaban J connectivity index is 1.74. The van der Waals surface area contributed by atoms with Crippen molar-refractivity contribution in [3.63, 3.8) is 0 Å². The molecule has 0 radical (unpaired) electrons. The van der Waals surface area contributed by atoms with Gasteiger partial charge in [-0.1, -0.05) is 6.92 Å². The summed E-state index contributed by atoms with van der Waals surface area (Å²) >= 11 is 0. The van der Waals surface area contributed by atoms with E-state index in [0.717, 1.165) is 19.3 Å². The van der Waals surface area contributed by atoms with Crippen LogP contribution in [0.25, 0.3) is 0 Å². The number of carbonyl (C=O) groups is 3. The average Bonchev–Trinajstić information content (AvgIpc) is 3.04. The maximum Gasteiger partial charge on any atom is 0.326 e. The number of nitrogens with zero attached hydrogens (tertiary/aromatic N) is 2. The van der Waals surface area contributed by atoms with E-state index in [4.69, 9.17) is 0 Å². The van der Waals surface area contributed by atoms with E-state index in [2.05, 4.69) is 0 Å². The highest BCUT2D eigenvalue weighted by atomic mass is 16.4. The normalized spacial score (nSPS) is 32.5. The van der Waals surface area contributed by atoms with Crippen LogP contribution in [0.1, 0.15) is 39.0 Å². The van der Waals surface area contributed by atoms with Crippen LogP contribution >= 0.6 is 0 Å². The predicted molar refractivity (Wildman–Crippen MR) is 74.4 cm³/mol. The fourth-order valence-electron chi connectivity index (χ4n) is 3.61. The third-order valence-electron chi connectivity index (χ3n) is 4.98. The van der Waals surface area contributed by atoms with Gasteiger partial charge in [-0.15, -0.1) is 0 Å². The van der Waals surface area contributed by atoms with Crippen molar-refractivity contribution in [2.24, 2.45) is 11.8 Å². The van der Waals surface area contributed by atoms with Crippen LogP contribution in [0.15, 0.2) is 0 Å². The van der Waals surface area contributed by atoms with Crippen LogP contribution in [0.5, 0.6) is 0 Å². The van der Waals surface area contributed by atoms with Crippen LogP contribution in [0.4, 0.5) is 0 Å². The lowest BCUT2D eigenvalue weighted by molar-refractivity contribution is -0.152. The third kappa shape index (κ3) is 2.51. The van der Waals surface area contributed by atoms with E-state index in [1.165, 1.54) is 4.90 Å². The number of amides is 2. The van der Waals surface area contributed by atoms with Crippen molar-refractivity contribution >= 4 is 17.8 Å². The molecule has 3 unspecified atom stereocenters. The summed E-state index contributed by atoms with van der Waals surface area (Å²) in [7, 11) is 0. The molecule has 2 amide bonds. The van der Waals surface area contributed by atoms with E-state index in [9.17, 15) is 19.5 Å². The summed E-state index contributed by atoms with van der Waals surface area (Å²) < 4.78 is 0. The molecule has 116 valence electrons. The zero-order valence-electron chi connectivity index (χ0n) is 12.3. The molecule has 3 aliphatic rings. The lowest BCUT2D eigenvalue weighted by atomic mass is 10.0. The highest BCUT2D eigenvalue weighted by Crippen LogP contribution is 2.35. The molecule has 1 N–H and O–H groups in total. The van der Waals surface area contributed by atoms with Crippen molar-refractivity contribution in [3.8, 4) is 0 Å². The number of likely N-dealkylation sites (tertiary alicyclic amines) is 2. The first kappa shape index (κ1) is 14.4. The molecule has 0 aromatic carbocycles. The largest absolute Gasteiger partial charge is 0.480 e. The topological polar surface area (TPSA) is 77.9 Å². The van der Waals surface area contributed by atoms with Gasteiger partial charge >= 0.3 is 5.97 Å². The number of aliphatic carboxylic acids is 1. The Kier molecular flexibility index (Phi) is 3.63. The fraction of sp³-hybridized carbons (Fsp3) is 0.800. The maximum absolute atomic E-state index is 12.7. The summed E-state index contributed by atoms with van der Waals surface area (Å²) in [6.45, 7) is 2.99. The van der Waals surface area contributed by atoms with Gasteiger partial charge in [0, 0.05) is 19.0 Å². The number of rotatable bonds is 3. The highest BCUT2D eigenvalue weighted by molar-refractivity contribution is 5.92. The van der Waals surface area contributed by atoms with Crippen molar-refractivity contribution in [3.05, 3.63) is 0 Å². The molecule has 6 heteroatoms. The minimum Gasteiger partial charge on any atom is -0.480 e. The van der Waals surface area contributed by atoms with Crippen LogP contribution in [0, 0.1) is 11.8 Å². The number of carboxylic acids is 1. The van der Waals surface area contributed by atoms with Gasteiger partial charge in [0.15, 0.2) is 0 Å². The summed E-state index contributed by atoms with van der Waals surface area (Å²) in [6.07, 6.45) is 4.06. The molecule has 1 aliphatic carbocycles. The van der Waals surface area contributed by atoms with Crippen molar-refractivity contribution in [2.75, 3.05) is 13.1 Å². The van der Waals surface area contributed by atoms with Gasteiger partial charge in [-0.25, -0.2) is 4.79 Å². The SMILES string of the molecule is CC1CCN(C(=O)C2CCCN2C(=O)C2CC2)C1C(=O)O. The third-order valence-corrected chi connectivity index (χ3v) is 4.98. The lowest BCUT2D eigenvalue weighted by Crippen LogP contribution is -2.52. The fourth-order valence-corrected chi connectivity index (χ4v) is 3.61. The Hall–Kier alpha value is -1.59. The second kappa shape index (κ2) is 5.31. The van der Waals surface area contributed by atoms with E-state index in [-0.39, 0.29) is 23.7 Å². The van der Waals surface area contributed by atoms with Crippen molar-refractivity contribution < 1.29 is 19.5 Å². The number of hydrogen-bond acceptors (Lipinski definition) is 3. The molecule has 1 saturated carbocycles. The minimum absolute atomic E-state index is 0.0274. The second-order valence-electron chi connectivity index (χ2n) is 6.54. The molecule has 3 atom stereocenters. The zero-order valence-corrected chi connectivity index (χ0v) is 12.3. The molecular weight excluding hydrogens is 272 g/mol. The van der Waals surface area contributed by atoms with Gasteiger partial charge in [0.05, 0.1) is 0 Å². The molecule has 3 rings (SSSR count). The Morgan fingerprint density at radius 3 is 2.29 bits per heavy atom. The Morgan fingerprint density at radius 1 is 0.952 bits per heavy atom. The van der Waals surface area contributed by atoms with Gasteiger partial charge in [0.1, 0.15) is 12.1 Å². The molecule has 2 aliphatic heterocycles. The van der Waals surface area contributed by atoms with Crippen LogP contribution in [-0.2, 0) is 14.4 Å².